The molecule has 2 aromatic rings. The predicted molar refractivity (Wildman–Crippen MR) is 102 cm³/mol. The summed E-state index contributed by atoms with van der Waals surface area (Å²) in [6.07, 6.45) is 1.11. The largest absolute Gasteiger partial charge is 0.351 e. The van der Waals surface area contributed by atoms with Crippen molar-refractivity contribution >= 4 is 60.1 Å². The van der Waals surface area contributed by atoms with E-state index in [1.54, 1.807) is 17.4 Å². The van der Waals surface area contributed by atoms with Crippen molar-refractivity contribution in [2.45, 2.75) is 18.6 Å². The third-order valence-corrected chi connectivity index (χ3v) is 7.81. The van der Waals surface area contributed by atoms with Crippen LogP contribution in [0, 0.1) is 0 Å². The number of amides is 1. The number of hydrogen-bond donors (Lipinski definition) is 1. The van der Waals surface area contributed by atoms with Gasteiger partial charge in [0, 0.05) is 22.6 Å². The Bertz CT molecular complexity index is 854. The van der Waals surface area contributed by atoms with Crippen molar-refractivity contribution in [1.82, 2.24) is 5.32 Å². The maximum absolute atomic E-state index is 12.2. The van der Waals surface area contributed by atoms with E-state index in [-0.39, 0.29) is 18.9 Å². The van der Waals surface area contributed by atoms with Gasteiger partial charge in [0.05, 0.1) is 8.66 Å². The van der Waals surface area contributed by atoms with E-state index >= 15 is 0 Å². The van der Waals surface area contributed by atoms with E-state index in [2.05, 4.69) is 21.2 Å². The molecule has 2 aromatic heterocycles. The first-order valence-electron chi connectivity index (χ1n) is 7.01. The summed E-state index contributed by atoms with van der Waals surface area (Å²) in [4.78, 5) is 26.2. The molecule has 0 radical (unpaired) electrons. The standard InChI is InChI=1S/C15H16BrNO4S3/c1-9(18)13(24(2,20)21)7-8-17-15(19)12-4-3-10(22-12)11-5-6-14(16)23-11/h3-6,13H,7-8H2,1-2H3,(H,17,19). The van der Waals surface area contributed by atoms with E-state index in [4.69, 9.17) is 0 Å². The molecule has 130 valence electrons. The van der Waals surface area contributed by atoms with Crippen LogP contribution in [0.1, 0.15) is 23.0 Å². The Labute approximate surface area is 157 Å². The number of carbonyl (C=O) groups excluding carboxylic acids is 2. The summed E-state index contributed by atoms with van der Waals surface area (Å²) in [6, 6.07) is 7.55. The van der Waals surface area contributed by atoms with Crippen LogP contribution in [0.25, 0.3) is 9.75 Å². The molecular weight excluding hydrogens is 434 g/mol. The van der Waals surface area contributed by atoms with Crippen molar-refractivity contribution in [3.8, 4) is 9.75 Å². The van der Waals surface area contributed by atoms with Crippen LogP contribution in [-0.2, 0) is 14.6 Å². The van der Waals surface area contributed by atoms with Crippen LogP contribution in [0.2, 0.25) is 0 Å². The van der Waals surface area contributed by atoms with E-state index in [0.29, 0.717) is 4.88 Å². The first kappa shape index (κ1) is 19.3. The number of ketones is 1. The van der Waals surface area contributed by atoms with Gasteiger partial charge in [0.15, 0.2) is 9.84 Å². The third kappa shape index (κ3) is 4.98. The second-order valence-electron chi connectivity index (χ2n) is 5.24. The van der Waals surface area contributed by atoms with Gasteiger partial charge < -0.3 is 5.32 Å². The predicted octanol–water partition coefficient (Wildman–Crippen LogP) is 3.36. The Hall–Kier alpha value is -1.03. The molecule has 1 atom stereocenters. The number of Topliss-reactive ketones (excluding diaryl/α,β-unsaturated/α-hetero) is 1. The molecule has 2 heterocycles. The molecule has 0 aliphatic heterocycles. The zero-order chi connectivity index (χ0) is 17.9. The van der Waals surface area contributed by atoms with Gasteiger partial charge in [-0.25, -0.2) is 8.42 Å². The molecule has 1 unspecified atom stereocenters. The second kappa shape index (κ2) is 7.90. The summed E-state index contributed by atoms with van der Waals surface area (Å²) in [6.45, 7) is 1.38. The fourth-order valence-corrected chi connectivity index (χ4v) is 5.71. The number of carbonyl (C=O) groups is 2. The summed E-state index contributed by atoms with van der Waals surface area (Å²) in [5.41, 5.74) is 0. The van der Waals surface area contributed by atoms with Gasteiger partial charge >= 0.3 is 0 Å². The summed E-state index contributed by atoms with van der Waals surface area (Å²) >= 11 is 6.36. The van der Waals surface area contributed by atoms with Crippen LogP contribution in [0.15, 0.2) is 28.1 Å². The fourth-order valence-electron chi connectivity index (χ4n) is 2.16. The van der Waals surface area contributed by atoms with Crippen LogP contribution < -0.4 is 5.32 Å². The summed E-state index contributed by atoms with van der Waals surface area (Å²) in [5.74, 6) is -0.675. The summed E-state index contributed by atoms with van der Waals surface area (Å²) in [7, 11) is -3.46. The zero-order valence-corrected chi connectivity index (χ0v) is 17.1. The molecule has 2 rings (SSSR count). The van der Waals surface area contributed by atoms with E-state index in [0.717, 1.165) is 19.8 Å². The molecular formula is C15H16BrNO4S3. The number of hydrogen-bond acceptors (Lipinski definition) is 6. The number of halogens is 1. The number of sulfone groups is 1. The van der Waals surface area contributed by atoms with E-state index in [1.165, 1.54) is 18.3 Å². The van der Waals surface area contributed by atoms with Crippen LogP contribution in [0.3, 0.4) is 0 Å². The molecule has 9 heteroatoms. The van der Waals surface area contributed by atoms with Crippen LogP contribution in [-0.4, -0.2) is 38.2 Å². The molecule has 0 bridgehead atoms. The molecule has 1 N–H and O–H groups in total. The van der Waals surface area contributed by atoms with E-state index in [1.807, 2.05) is 18.2 Å². The third-order valence-electron chi connectivity index (χ3n) is 3.31. The Morgan fingerprint density at radius 1 is 1.17 bits per heavy atom. The summed E-state index contributed by atoms with van der Waals surface area (Å²) < 4.78 is 24.1. The average Bonchev–Trinajstić information content (AvgIpc) is 3.09. The molecule has 5 nitrogen and oxygen atoms in total. The number of rotatable bonds is 7. The van der Waals surface area contributed by atoms with Gasteiger partial charge in [-0.2, -0.15) is 0 Å². The molecule has 0 aliphatic rings. The average molecular weight is 450 g/mol. The lowest BCUT2D eigenvalue weighted by molar-refractivity contribution is -0.116. The molecule has 0 saturated carbocycles. The van der Waals surface area contributed by atoms with Gasteiger partial charge in [-0.05, 0) is 53.5 Å². The van der Waals surface area contributed by atoms with Crippen molar-refractivity contribution < 1.29 is 18.0 Å². The normalized spacial score (nSPS) is 12.8. The van der Waals surface area contributed by atoms with Crippen molar-refractivity contribution in [1.29, 1.82) is 0 Å². The van der Waals surface area contributed by atoms with Gasteiger partial charge in [0.2, 0.25) is 0 Å². The first-order valence-corrected chi connectivity index (χ1v) is 11.4. The topological polar surface area (TPSA) is 80.3 Å². The Morgan fingerprint density at radius 3 is 2.33 bits per heavy atom. The Balaban J connectivity index is 1.96. The lowest BCUT2D eigenvalue weighted by Gasteiger charge is -2.11. The van der Waals surface area contributed by atoms with Crippen LogP contribution in [0.5, 0.6) is 0 Å². The quantitative estimate of drug-likeness (QED) is 0.702. The van der Waals surface area contributed by atoms with E-state index < -0.39 is 20.9 Å². The van der Waals surface area contributed by atoms with Gasteiger partial charge in [-0.1, -0.05) is 0 Å². The maximum atomic E-state index is 12.2. The highest BCUT2D eigenvalue weighted by molar-refractivity contribution is 9.11. The minimum atomic E-state index is -3.46. The van der Waals surface area contributed by atoms with Crippen LogP contribution >= 0.6 is 38.6 Å². The minimum Gasteiger partial charge on any atom is -0.351 e. The first-order chi connectivity index (χ1) is 11.2. The van der Waals surface area contributed by atoms with E-state index in [9.17, 15) is 18.0 Å². The Morgan fingerprint density at radius 2 is 1.79 bits per heavy atom. The van der Waals surface area contributed by atoms with Gasteiger partial charge in [-0.3, -0.25) is 9.59 Å². The van der Waals surface area contributed by atoms with Gasteiger partial charge in [-0.15, -0.1) is 22.7 Å². The number of thiophene rings is 2. The molecule has 0 aromatic carbocycles. The molecule has 24 heavy (non-hydrogen) atoms. The van der Waals surface area contributed by atoms with Crippen molar-refractivity contribution in [3.63, 3.8) is 0 Å². The van der Waals surface area contributed by atoms with Crippen LogP contribution in [0.4, 0.5) is 0 Å². The molecule has 0 spiro atoms. The Kier molecular flexibility index (Phi) is 6.35. The van der Waals surface area contributed by atoms with Crippen molar-refractivity contribution in [3.05, 3.63) is 32.9 Å². The van der Waals surface area contributed by atoms with Crippen molar-refractivity contribution in [2.24, 2.45) is 0 Å². The van der Waals surface area contributed by atoms with Crippen molar-refractivity contribution in [2.75, 3.05) is 12.8 Å². The molecule has 0 saturated heterocycles. The number of nitrogens with one attached hydrogen (secondary N) is 1. The highest BCUT2D eigenvalue weighted by Gasteiger charge is 2.25. The molecule has 1 amide bonds. The lowest BCUT2D eigenvalue weighted by Crippen LogP contribution is -2.33. The zero-order valence-electron chi connectivity index (χ0n) is 13.0. The molecule has 0 aliphatic carbocycles. The monoisotopic (exact) mass is 449 g/mol. The van der Waals surface area contributed by atoms with Gasteiger partial charge in [0.1, 0.15) is 11.0 Å². The molecule has 0 fully saturated rings. The summed E-state index contributed by atoms with van der Waals surface area (Å²) in [5, 5.41) is 1.61. The smallest absolute Gasteiger partial charge is 0.261 e. The minimum absolute atomic E-state index is 0.0794. The highest BCUT2D eigenvalue weighted by Crippen LogP contribution is 2.35. The highest BCUT2D eigenvalue weighted by atomic mass is 79.9. The fraction of sp³-hybridized carbons (Fsp3) is 0.333. The second-order valence-corrected chi connectivity index (χ2v) is 11.0. The van der Waals surface area contributed by atoms with Gasteiger partial charge in [0.25, 0.3) is 5.91 Å². The maximum Gasteiger partial charge on any atom is 0.261 e. The SMILES string of the molecule is CC(=O)C(CCNC(=O)c1ccc(-c2ccc(Br)s2)s1)S(C)(=O)=O. The lowest BCUT2D eigenvalue weighted by atomic mass is 10.2.